The maximum Gasteiger partial charge on any atom is 0.344 e. The van der Waals surface area contributed by atoms with Gasteiger partial charge in [0.1, 0.15) is 5.75 Å². The van der Waals surface area contributed by atoms with Gasteiger partial charge in [0.15, 0.2) is 6.10 Å². The molecule has 0 spiro atoms. The second kappa shape index (κ2) is 26.5. The lowest BCUT2D eigenvalue weighted by molar-refractivity contribution is -0.145. The summed E-state index contributed by atoms with van der Waals surface area (Å²) in [6.07, 6.45) is 33.9. The second-order valence-corrected chi connectivity index (χ2v) is 11.5. The number of carboxylic acids is 1. The van der Waals surface area contributed by atoms with Gasteiger partial charge in [-0.05, 0) is 69.1 Å². The van der Waals surface area contributed by atoms with Crippen LogP contribution in [-0.4, -0.2) is 17.2 Å². The van der Waals surface area contributed by atoms with Gasteiger partial charge in [-0.2, -0.15) is 0 Å². The summed E-state index contributed by atoms with van der Waals surface area (Å²) in [5.41, 5.74) is 1.31. The Morgan fingerprint density at radius 1 is 0.641 bits per heavy atom. The van der Waals surface area contributed by atoms with Crippen LogP contribution in [0.2, 0.25) is 0 Å². The summed E-state index contributed by atoms with van der Waals surface area (Å²) in [4.78, 5) is 11.7. The molecule has 0 radical (unpaired) electrons. The summed E-state index contributed by atoms with van der Waals surface area (Å²) in [6, 6.07) is 8.09. The fourth-order valence-corrected chi connectivity index (χ4v) is 5.17. The second-order valence-electron chi connectivity index (χ2n) is 11.5. The molecule has 0 amide bonds. The highest BCUT2D eigenvalue weighted by Gasteiger charge is 2.18. The first-order valence-electron chi connectivity index (χ1n) is 16.8. The molecule has 0 aromatic heterocycles. The number of unbranched alkanes of at least 4 members (excludes halogenated alkanes) is 19. The van der Waals surface area contributed by atoms with Crippen molar-refractivity contribution in [1.29, 1.82) is 0 Å². The first-order chi connectivity index (χ1) is 19.2. The van der Waals surface area contributed by atoms with Crippen LogP contribution in [0.15, 0.2) is 36.4 Å². The molecule has 0 bridgehead atoms. The van der Waals surface area contributed by atoms with Crippen molar-refractivity contribution in [1.82, 2.24) is 0 Å². The summed E-state index contributed by atoms with van der Waals surface area (Å²) >= 11 is 0. The topological polar surface area (TPSA) is 46.5 Å². The van der Waals surface area contributed by atoms with E-state index in [0.717, 1.165) is 32.1 Å². The predicted molar refractivity (Wildman–Crippen MR) is 169 cm³/mol. The number of carbonyl (C=O) groups is 1. The molecule has 0 heterocycles. The van der Waals surface area contributed by atoms with E-state index >= 15 is 0 Å². The molecule has 0 saturated heterocycles. The van der Waals surface area contributed by atoms with E-state index in [1.807, 2.05) is 12.1 Å². The van der Waals surface area contributed by atoms with Crippen LogP contribution < -0.4 is 4.74 Å². The first kappa shape index (κ1) is 35.3. The standard InChI is InChI=1S/C36H62O3/c1-3-5-7-9-11-13-15-16-17-18-20-22-24-26-28-35(36(37)38)39-34-31-29-33(30-32-34)27-25-23-21-19-14-12-10-8-6-4-2/h16-17,29-32,35H,3-15,18-28H2,1-2H3,(H,37,38)/b17-16-. The lowest BCUT2D eigenvalue weighted by Crippen LogP contribution is -2.26. The molecular formula is C36H62O3. The fraction of sp³-hybridized carbons (Fsp3) is 0.750. The molecule has 0 aliphatic rings. The van der Waals surface area contributed by atoms with Gasteiger partial charge in [-0.1, -0.05) is 141 Å². The van der Waals surface area contributed by atoms with Gasteiger partial charge < -0.3 is 9.84 Å². The zero-order valence-corrected chi connectivity index (χ0v) is 25.8. The molecule has 1 unspecified atom stereocenters. The molecule has 0 saturated carbocycles. The summed E-state index contributed by atoms with van der Waals surface area (Å²) in [5, 5.41) is 9.62. The number of carboxylic acid groups (broad SMARTS) is 1. The molecule has 1 atom stereocenters. The minimum Gasteiger partial charge on any atom is -0.479 e. The molecule has 0 aliphatic heterocycles. The monoisotopic (exact) mass is 542 g/mol. The summed E-state index contributed by atoms with van der Waals surface area (Å²) < 4.78 is 5.84. The van der Waals surface area contributed by atoms with Crippen molar-refractivity contribution < 1.29 is 14.6 Å². The Hall–Kier alpha value is -1.77. The maximum atomic E-state index is 11.7. The van der Waals surface area contributed by atoms with Gasteiger partial charge >= 0.3 is 5.97 Å². The minimum absolute atomic E-state index is 0.573. The van der Waals surface area contributed by atoms with Crippen molar-refractivity contribution in [3.63, 3.8) is 0 Å². The van der Waals surface area contributed by atoms with Crippen LogP contribution in [0, 0.1) is 0 Å². The van der Waals surface area contributed by atoms with Crippen LogP contribution in [-0.2, 0) is 11.2 Å². The van der Waals surface area contributed by atoms with Crippen LogP contribution >= 0.6 is 0 Å². The van der Waals surface area contributed by atoms with Crippen molar-refractivity contribution in [3.8, 4) is 5.75 Å². The van der Waals surface area contributed by atoms with Crippen LogP contribution in [0.5, 0.6) is 5.75 Å². The van der Waals surface area contributed by atoms with E-state index in [1.165, 1.54) is 121 Å². The van der Waals surface area contributed by atoms with E-state index in [1.54, 1.807) is 0 Å². The van der Waals surface area contributed by atoms with Gasteiger partial charge in [-0.15, -0.1) is 0 Å². The Morgan fingerprint density at radius 3 is 1.56 bits per heavy atom. The number of hydrogen-bond donors (Lipinski definition) is 1. The Kier molecular flexibility index (Phi) is 23.9. The van der Waals surface area contributed by atoms with E-state index in [-0.39, 0.29) is 0 Å². The van der Waals surface area contributed by atoms with Crippen molar-refractivity contribution >= 4 is 5.97 Å². The molecule has 1 aromatic carbocycles. The number of benzene rings is 1. The van der Waals surface area contributed by atoms with Crippen LogP contribution in [0.4, 0.5) is 0 Å². The van der Waals surface area contributed by atoms with Crippen molar-refractivity contribution in [2.75, 3.05) is 0 Å². The highest BCUT2D eigenvalue weighted by Crippen LogP contribution is 2.19. The normalized spacial score (nSPS) is 12.3. The zero-order chi connectivity index (χ0) is 28.2. The molecule has 0 aliphatic carbocycles. The molecule has 1 N–H and O–H groups in total. The number of aryl methyl sites for hydroxylation is 1. The average molecular weight is 543 g/mol. The molecular weight excluding hydrogens is 480 g/mol. The Balaban J connectivity index is 2.09. The maximum absolute atomic E-state index is 11.7. The molecule has 3 heteroatoms. The highest BCUT2D eigenvalue weighted by molar-refractivity contribution is 5.72. The number of ether oxygens (including phenoxy) is 1. The van der Waals surface area contributed by atoms with E-state index in [0.29, 0.717) is 12.2 Å². The van der Waals surface area contributed by atoms with E-state index in [2.05, 4.69) is 38.1 Å². The van der Waals surface area contributed by atoms with Gasteiger partial charge in [-0.3, -0.25) is 0 Å². The number of allylic oxidation sites excluding steroid dienone is 2. The first-order valence-corrected chi connectivity index (χ1v) is 16.8. The van der Waals surface area contributed by atoms with Gasteiger partial charge in [0.25, 0.3) is 0 Å². The van der Waals surface area contributed by atoms with Crippen LogP contribution in [0.3, 0.4) is 0 Å². The highest BCUT2D eigenvalue weighted by atomic mass is 16.5. The minimum atomic E-state index is -0.859. The third-order valence-corrected chi connectivity index (χ3v) is 7.77. The average Bonchev–Trinajstić information content (AvgIpc) is 2.94. The zero-order valence-electron chi connectivity index (χ0n) is 25.8. The van der Waals surface area contributed by atoms with E-state index in [9.17, 15) is 9.90 Å². The van der Waals surface area contributed by atoms with Crippen LogP contribution in [0.1, 0.15) is 167 Å². The summed E-state index contributed by atoms with van der Waals surface area (Å²) in [6.45, 7) is 4.54. The van der Waals surface area contributed by atoms with E-state index < -0.39 is 12.1 Å². The molecule has 3 nitrogen and oxygen atoms in total. The van der Waals surface area contributed by atoms with Gasteiger partial charge in [0.05, 0.1) is 0 Å². The SMILES string of the molecule is CCCCCCCC/C=C\CCCCCCC(Oc1ccc(CCCCCCCCCCCC)cc1)C(=O)O. The Labute approximate surface area is 242 Å². The Bertz CT molecular complexity index is 694. The van der Waals surface area contributed by atoms with Crippen molar-refractivity contribution in [3.05, 3.63) is 42.0 Å². The number of aliphatic carboxylic acids is 1. The molecule has 39 heavy (non-hydrogen) atoms. The van der Waals surface area contributed by atoms with Gasteiger partial charge in [0, 0.05) is 0 Å². The summed E-state index contributed by atoms with van der Waals surface area (Å²) in [5.74, 6) is -0.188. The molecule has 224 valence electrons. The van der Waals surface area contributed by atoms with E-state index in [4.69, 9.17) is 4.74 Å². The fourth-order valence-electron chi connectivity index (χ4n) is 5.17. The van der Waals surface area contributed by atoms with Gasteiger partial charge in [-0.25, -0.2) is 4.79 Å². The number of rotatable bonds is 28. The Morgan fingerprint density at radius 2 is 1.08 bits per heavy atom. The largest absolute Gasteiger partial charge is 0.479 e. The van der Waals surface area contributed by atoms with Crippen molar-refractivity contribution in [2.24, 2.45) is 0 Å². The molecule has 1 aromatic rings. The molecule has 0 fully saturated rings. The third-order valence-electron chi connectivity index (χ3n) is 7.77. The summed E-state index contributed by atoms with van der Waals surface area (Å²) in [7, 11) is 0. The predicted octanol–water partition coefficient (Wildman–Crippen LogP) is 11.6. The quantitative estimate of drug-likeness (QED) is 0.0846. The number of hydrogen-bond acceptors (Lipinski definition) is 2. The van der Waals surface area contributed by atoms with Gasteiger partial charge in [0.2, 0.25) is 0 Å². The van der Waals surface area contributed by atoms with Crippen LogP contribution in [0.25, 0.3) is 0 Å². The lowest BCUT2D eigenvalue weighted by Gasteiger charge is -2.15. The third kappa shape index (κ3) is 21.7. The van der Waals surface area contributed by atoms with Crippen molar-refractivity contribution in [2.45, 2.75) is 174 Å². The lowest BCUT2D eigenvalue weighted by atomic mass is 10.0. The smallest absolute Gasteiger partial charge is 0.344 e. The molecule has 1 rings (SSSR count).